The number of fused-ring (bicyclic) bond motifs is 2. The van der Waals surface area contributed by atoms with Crippen LogP contribution in [0.5, 0.6) is 0 Å². The summed E-state index contributed by atoms with van der Waals surface area (Å²) in [6, 6.07) is 1.56. The maximum Gasteiger partial charge on any atom is 0.280 e. The van der Waals surface area contributed by atoms with E-state index in [-0.39, 0.29) is 56.8 Å². The Bertz CT molecular complexity index is 1190. The molecule has 2 saturated heterocycles. The van der Waals surface area contributed by atoms with Gasteiger partial charge in [-0.05, 0) is 71.8 Å². The first-order chi connectivity index (χ1) is 17.4. The number of hydrogen-bond donors (Lipinski definition) is 3. The lowest BCUT2D eigenvalue weighted by Crippen LogP contribution is -2.41. The summed E-state index contributed by atoms with van der Waals surface area (Å²) in [5.74, 6) is -0.541. The first-order valence-electron chi connectivity index (χ1n) is 12.8. The van der Waals surface area contributed by atoms with Gasteiger partial charge in [-0.15, -0.1) is 11.3 Å². The number of alkyl halides is 2. The molecule has 2 bridgehead atoms. The molecule has 0 radical (unpaired) electrons. The van der Waals surface area contributed by atoms with Crippen LogP contribution in [0.4, 0.5) is 14.6 Å². The molecule has 0 unspecified atom stereocenters. The molecule has 0 aromatic carbocycles. The Kier molecular flexibility index (Phi) is 6.72. The smallest absolute Gasteiger partial charge is 0.280 e. The molecule has 3 N–H and O–H groups in total. The van der Waals surface area contributed by atoms with Crippen molar-refractivity contribution >= 4 is 29.0 Å². The van der Waals surface area contributed by atoms with Crippen molar-refractivity contribution in [2.45, 2.75) is 95.4 Å². The third kappa shape index (κ3) is 5.20. The minimum absolute atomic E-state index is 0.00701. The number of nitrogens with one attached hydrogen (secondary N) is 2. The van der Waals surface area contributed by atoms with E-state index in [4.69, 9.17) is 0 Å². The molecular formula is C26H33F2N5O3S. The highest BCUT2D eigenvalue weighted by Crippen LogP contribution is 2.43. The second kappa shape index (κ2) is 9.58. The van der Waals surface area contributed by atoms with Gasteiger partial charge in [0.15, 0.2) is 5.01 Å². The molecule has 11 heteroatoms. The zero-order valence-corrected chi connectivity index (χ0v) is 22.1. The number of hydrogen-bond acceptors (Lipinski definition) is 7. The average molecular weight is 534 g/mol. The van der Waals surface area contributed by atoms with Gasteiger partial charge in [0.2, 0.25) is 0 Å². The summed E-state index contributed by atoms with van der Waals surface area (Å²) in [6.45, 7) is 5.12. The van der Waals surface area contributed by atoms with E-state index in [1.165, 1.54) is 12.3 Å². The molecule has 2 aromatic heterocycles. The molecule has 3 aliphatic rings. The number of nitrogens with zero attached hydrogens (tertiary/aromatic N) is 3. The molecule has 200 valence electrons. The monoisotopic (exact) mass is 533 g/mol. The van der Waals surface area contributed by atoms with E-state index in [1.54, 1.807) is 13.8 Å². The summed E-state index contributed by atoms with van der Waals surface area (Å²) < 4.78 is 28.7. The number of aliphatic hydroxyl groups is 1. The number of anilines is 1. The molecule has 2 amide bonds. The predicted molar refractivity (Wildman–Crippen MR) is 137 cm³/mol. The Morgan fingerprint density at radius 3 is 2.43 bits per heavy atom. The summed E-state index contributed by atoms with van der Waals surface area (Å²) >= 11 is 0.902. The number of amides is 2. The Morgan fingerprint density at radius 2 is 1.89 bits per heavy atom. The van der Waals surface area contributed by atoms with E-state index >= 15 is 0 Å². The maximum absolute atomic E-state index is 14.3. The number of pyridine rings is 1. The first kappa shape index (κ1) is 26.0. The number of thiazole rings is 1. The zero-order valence-electron chi connectivity index (χ0n) is 21.3. The lowest BCUT2D eigenvalue weighted by atomic mass is 9.78. The quantitative estimate of drug-likeness (QED) is 0.452. The summed E-state index contributed by atoms with van der Waals surface area (Å²) in [5, 5.41) is 15.8. The minimum Gasteiger partial charge on any atom is -0.389 e. The van der Waals surface area contributed by atoms with Crippen LogP contribution in [0.2, 0.25) is 0 Å². The molecular weight excluding hydrogens is 500 g/mol. The van der Waals surface area contributed by atoms with E-state index in [9.17, 15) is 23.5 Å². The van der Waals surface area contributed by atoms with Gasteiger partial charge < -0.3 is 20.6 Å². The van der Waals surface area contributed by atoms with Crippen LogP contribution < -0.4 is 10.6 Å². The first-order valence-corrected chi connectivity index (χ1v) is 13.7. The van der Waals surface area contributed by atoms with Crippen molar-refractivity contribution in [3.63, 3.8) is 0 Å². The largest absolute Gasteiger partial charge is 0.389 e. The summed E-state index contributed by atoms with van der Waals surface area (Å²) in [4.78, 5) is 37.4. The lowest BCUT2D eigenvalue weighted by Gasteiger charge is -2.39. The Labute approximate surface area is 218 Å². The van der Waals surface area contributed by atoms with Gasteiger partial charge in [0.25, 0.3) is 18.2 Å². The van der Waals surface area contributed by atoms with Crippen molar-refractivity contribution < 1.29 is 23.5 Å². The molecule has 2 aromatic rings. The molecule has 37 heavy (non-hydrogen) atoms. The second-order valence-electron chi connectivity index (χ2n) is 11.4. The number of rotatable bonds is 8. The van der Waals surface area contributed by atoms with Gasteiger partial charge in [-0.25, -0.2) is 18.7 Å². The molecule has 1 saturated carbocycles. The fourth-order valence-electron chi connectivity index (χ4n) is 5.53. The molecule has 2 aliphatic heterocycles. The van der Waals surface area contributed by atoms with Gasteiger partial charge in [0.1, 0.15) is 11.5 Å². The number of carbonyl (C=O) groups excluding carboxylic acids is 2. The van der Waals surface area contributed by atoms with Gasteiger partial charge in [-0.1, -0.05) is 0 Å². The Morgan fingerprint density at radius 1 is 1.24 bits per heavy atom. The summed E-state index contributed by atoms with van der Waals surface area (Å²) in [6.07, 6.45) is 5.16. The minimum atomic E-state index is -2.81. The van der Waals surface area contributed by atoms with Crippen LogP contribution >= 0.6 is 11.3 Å². The van der Waals surface area contributed by atoms with E-state index in [2.05, 4.69) is 20.6 Å². The Hall–Kier alpha value is -2.66. The van der Waals surface area contributed by atoms with Crippen LogP contribution in [0.15, 0.2) is 12.3 Å². The van der Waals surface area contributed by atoms with Crippen LogP contribution in [0.25, 0.3) is 10.4 Å². The van der Waals surface area contributed by atoms with Crippen LogP contribution in [-0.4, -0.2) is 61.6 Å². The van der Waals surface area contributed by atoms with E-state index in [0.717, 1.165) is 56.3 Å². The van der Waals surface area contributed by atoms with Gasteiger partial charge in [-0.2, -0.15) is 0 Å². The highest BCUT2D eigenvalue weighted by molar-refractivity contribution is 7.17. The fraction of sp³-hybridized carbons (Fsp3) is 0.615. The normalized spacial score (nSPS) is 22.3. The summed E-state index contributed by atoms with van der Waals surface area (Å²) in [7, 11) is 0. The van der Waals surface area contributed by atoms with Crippen molar-refractivity contribution in [2.24, 2.45) is 0 Å². The topological polar surface area (TPSA) is 107 Å². The van der Waals surface area contributed by atoms with Crippen LogP contribution in [-0.2, 0) is 0 Å². The van der Waals surface area contributed by atoms with E-state index in [1.807, 2.05) is 11.8 Å². The second-order valence-corrected chi connectivity index (χ2v) is 12.4. The summed E-state index contributed by atoms with van der Waals surface area (Å²) in [5.41, 5.74) is -1.46. The number of carbonyl (C=O) groups is 2. The molecule has 1 aliphatic carbocycles. The van der Waals surface area contributed by atoms with Crippen molar-refractivity contribution in [1.82, 2.24) is 20.2 Å². The van der Waals surface area contributed by atoms with Crippen LogP contribution in [0, 0.1) is 0 Å². The third-order valence-electron chi connectivity index (χ3n) is 7.70. The van der Waals surface area contributed by atoms with Crippen LogP contribution in [0.1, 0.15) is 98.0 Å². The maximum atomic E-state index is 14.3. The fourth-order valence-corrected chi connectivity index (χ4v) is 6.54. The van der Waals surface area contributed by atoms with Crippen molar-refractivity contribution in [2.75, 3.05) is 11.9 Å². The van der Waals surface area contributed by atoms with Crippen molar-refractivity contribution in [1.29, 1.82) is 0 Å². The average Bonchev–Trinajstić information content (AvgIpc) is 3.55. The third-order valence-corrected chi connectivity index (χ3v) is 8.78. The lowest BCUT2D eigenvalue weighted by molar-refractivity contribution is 0.0692. The Balaban J connectivity index is 1.53. The highest BCUT2D eigenvalue weighted by atomic mass is 32.1. The van der Waals surface area contributed by atoms with Gasteiger partial charge >= 0.3 is 0 Å². The molecule has 4 heterocycles. The molecule has 5 rings (SSSR count). The molecule has 8 nitrogen and oxygen atoms in total. The predicted octanol–water partition coefficient (Wildman–Crippen LogP) is 4.76. The SMILES string of the molecule is CC(C)(O)CNC(=O)c1nc(C(=O)N2C3CCC2CC3)c(-c2cnc(NC3(C)CCC3)cc2C(F)F)s1. The molecule has 0 spiro atoms. The molecule has 3 fully saturated rings. The van der Waals surface area contributed by atoms with E-state index in [0.29, 0.717) is 5.82 Å². The van der Waals surface area contributed by atoms with Crippen molar-refractivity contribution in [3.05, 3.63) is 28.5 Å². The highest BCUT2D eigenvalue weighted by Gasteiger charge is 2.44. The van der Waals surface area contributed by atoms with Crippen LogP contribution in [0.3, 0.4) is 0 Å². The molecule has 0 atom stereocenters. The zero-order chi connectivity index (χ0) is 26.5. The van der Waals surface area contributed by atoms with E-state index < -0.39 is 17.9 Å². The van der Waals surface area contributed by atoms with Crippen molar-refractivity contribution in [3.8, 4) is 10.4 Å². The number of halogens is 2. The van der Waals surface area contributed by atoms with Gasteiger partial charge in [0.05, 0.1) is 10.5 Å². The number of aromatic nitrogens is 2. The van der Waals surface area contributed by atoms with Gasteiger partial charge in [-0.3, -0.25) is 9.59 Å². The standard InChI is InChI=1S/C26H33F2N5O3S/c1-25(2,36)13-30-22(34)23-31-19(24(35)33-14-5-6-15(33)8-7-14)20(37-23)17-12-29-18(11-16(17)21(27)28)32-26(3)9-4-10-26/h11-12,14-15,21,36H,4-10,13H2,1-3H3,(H,29,32)(H,30,34). The van der Waals surface area contributed by atoms with Gasteiger partial charge in [0, 0.05) is 41.5 Å².